The first-order chi connectivity index (χ1) is 12.1. The fourth-order valence-electron chi connectivity index (χ4n) is 3.06. The smallest absolute Gasteiger partial charge is 0.234 e. The Morgan fingerprint density at radius 3 is 2.44 bits per heavy atom. The number of hydrogen-bond acceptors (Lipinski definition) is 4. The van der Waals surface area contributed by atoms with E-state index in [9.17, 15) is 9.90 Å². The lowest BCUT2D eigenvalue weighted by Crippen LogP contribution is -2.44. The minimum absolute atomic E-state index is 0.0397. The first kappa shape index (κ1) is 18.1. The Balaban J connectivity index is 1.75. The molecule has 1 saturated heterocycles. The second kappa shape index (κ2) is 8.13. The maximum atomic E-state index is 13.0. The van der Waals surface area contributed by atoms with E-state index in [2.05, 4.69) is 12.1 Å². The molecule has 0 aromatic heterocycles. The summed E-state index contributed by atoms with van der Waals surface area (Å²) in [5.74, 6) is 0.151. The van der Waals surface area contributed by atoms with Crippen LogP contribution in [0.1, 0.15) is 24.2 Å². The molecule has 0 bridgehead atoms. The summed E-state index contributed by atoms with van der Waals surface area (Å²) in [7, 11) is 0. The monoisotopic (exact) mass is 371 g/mol. The summed E-state index contributed by atoms with van der Waals surface area (Å²) in [6.45, 7) is 1.77. The Bertz CT molecular complexity index is 736. The molecule has 2 aromatic carbocycles. The van der Waals surface area contributed by atoms with E-state index in [4.69, 9.17) is 12.2 Å². The number of hydrogen-bond donors (Lipinski definition) is 1. The van der Waals surface area contributed by atoms with Crippen molar-refractivity contribution >= 4 is 34.2 Å². The molecule has 1 aliphatic rings. The normalized spacial score (nSPS) is 19.7. The van der Waals surface area contributed by atoms with Crippen LogP contribution in [0, 0.1) is 5.92 Å². The zero-order valence-corrected chi connectivity index (χ0v) is 15.7. The summed E-state index contributed by atoms with van der Waals surface area (Å²) in [6.07, 6.45) is -0.0621. The van der Waals surface area contributed by atoms with Gasteiger partial charge in [-0.1, -0.05) is 91.6 Å². The summed E-state index contributed by atoms with van der Waals surface area (Å²) in [5, 5.41) is 10.6. The van der Waals surface area contributed by atoms with Crippen molar-refractivity contribution in [2.45, 2.75) is 25.5 Å². The minimum atomic E-state index is -0.834. The van der Waals surface area contributed by atoms with Crippen molar-refractivity contribution in [3.63, 3.8) is 0 Å². The van der Waals surface area contributed by atoms with E-state index in [1.165, 1.54) is 5.56 Å². The molecule has 1 N–H and O–H groups in total. The molecule has 0 aliphatic carbocycles. The average molecular weight is 372 g/mol. The molecule has 3 atom stereocenters. The summed E-state index contributed by atoms with van der Waals surface area (Å²) in [5.41, 5.74) is 1.94. The van der Waals surface area contributed by atoms with Crippen molar-refractivity contribution < 1.29 is 9.90 Å². The number of carbonyl (C=O) groups is 1. The molecule has 3 rings (SSSR count). The number of carbonyl (C=O) groups excluding carboxylic acids is 1. The third-order valence-electron chi connectivity index (χ3n) is 4.52. The fourth-order valence-corrected chi connectivity index (χ4v) is 4.48. The molecule has 1 aliphatic heterocycles. The second-order valence-corrected chi connectivity index (χ2v) is 7.93. The molecule has 1 heterocycles. The van der Waals surface area contributed by atoms with Gasteiger partial charge in [-0.05, 0) is 17.5 Å². The lowest BCUT2D eigenvalue weighted by Gasteiger charge is -2.28. The molecule has 0 unspecified atom stereocenters. The highest BCUT2D eigenvalue weighted by Gasteiger charge is 2.38. The Kier molecular flexibility index (Phi) is 5.89. The topological polar surface area (TPSA) is 40.5 Å². The standard InChI is InChI=1S/C20H21NO2S2/c1-14(18(22)16-10-6-3-7-11-16)19(23)21-17(13-25-20(21)24)12-15-8-4-2-5-9-15/h2-11,14,17-18,22H,12-13H2,1H3/t14-,17+,18+/m1/s1. The van der Waals surface area contributed by atoms with Crippen molar-refractivity contribution in [3.8, 4) is 0 Å². The van der Waals surface area contributed by atoms with Gasteiger partial charge in [0.15, 0.2) is 0 Å². The summed E-state index contributed by atoms with van der Waals surface area (Å²) >= 11 is 6.96. The highest BCUT2D eigenvalue weighted by molar-refractivity contribution is 8.23. The van der Waals surface area contributed by atoms with Gasteiger partial charge in [0, 0.05) is 5.75 Å². The molecular formula is C20H21NO2S2. The highest BCUT2D eigenvalue weighted by atomic mass is 32.2. The number of thioether (sulfide) groups is 1. The molecule has 0 spiro atoms. The van der Waals surface area contributed by atoms with Crippen molar-refractivity contribution in [1.82, 2.24) is 4.90 Å². The predicted molar refractivity (Wildman–Crippen MR) is 106 cm³/mol. The van der Waals surface area contributed by atoms with Crippen LogP contribution >= 0.6 is 24.0 Å². The predicted octanol–water partition coefficient (Wildman–Crippen LogP) is 3.83. The van der Waals surface area contributed by atoms with Crippen molar-refractivity contribution in [1.29, 1.82) is 0 Å². The number of aliphatic hydroxyl groups excluding tert-OH is 1. The van der Waals surface area contributed by atoms with Gasteiger partial charge < -0.3 is 5.11 Å². The van der Waals surface area contributed by atoms with Crippen LogP contribution in [-0.2, 0) is 11.2 Å². The Morgan fingerprint density at radius 2 is 1.80 bits per heavy atom. The summed E-state index contributed by atoms with van der Waals surface area (Å²) < 4.78 is 0.609. The van der Waals surface area contributed by atoms with Crippen molar-refractivity contribution in [3.05, 3.63) is 71.8 Å². The summed E-state index contributed by atoms with van der Waals surface area (Å²) in [4.78, 5) is 14.7. The van der Waals surface area contributed by atoms with E-state index in [0.717, 1.165) is 17.7 Å². The highest BCUT2D eigenvalue weighted by Crippen LogP contribution is 2.31. The van der Waals surface area contributed by atoms with Gasteiger partial charge in [-0.25, -0.2) is 0 Å². The van der Waals surface area contributed by atoms with Gasteiger partial charge in [-0.2, -0.15) is 0 Å². The van der Waals surface area contributed by atoms with E-state index in [0.29, 0.717) is 4.32 Å². The van der Waals surface area contributed by atoms with Crippen LogP contribution in [0.15, 0.2) is 60.7 Å². The maximum Gasteiger partial charge on any atom is 0.234 e. The zero-order chi connectivity index (χ0) is 17.8. The third kappa shape index (κ3) is 4.11. The first-order valence-corrected chi connectivity index (χ1v) is 9.74. The van der Waals surface area contributed by atoms with E-state index < -0.39 is 12.0 Å². The molecule has 130 valence electrons. The van der Waals surface area contributed by atoms with E-state index in [1.54, 1.807) is 23.6 Å². The van der Waals surface area contributed by atoms with Crippen LogP contribution in [0.4, 0.5) is 0 Å². The molecular weight excluding hydrogens is 350 g/mol. The lowest BCUT2D eigenvalue weighted by atomic mass is 9.95. The van der Waals surface area contributed by atoms with Gasteiger partial charge in [0.25, 0.3) is 0 Å². The van der Waals surface area contributed by atoms with Crippen LogP contribution < -0.4 is 0 Å². The Hall–Kier alpha value is -1.69. The SMILES string of the molecule is C[C@@H](C(=O)N1C(=S)SC[C@@H]1Cc1ccccc1)[C@H](O)c1ccccc1. The molecule has 0 saturated carbocycles. The number of benzene rings is 2. The lowest BCUT2D eigenvalue weighted by molar-refractivity contribution is -0.135. The first-order valence-electron chi connectivity index (χ1n) is 8.34. The van der Waals surface area contributed by atoms with Crippen LogP contribution in [0.25, 0.3) is 0 Å². The molecule has 2 aromatic rings. The van der Waals surface area contributed by atoms with Gasteiger partial charge in [-0.15, -0.1) is 0 Å². The van der Waals surface area contributed by atoms with Crippen LogP contribution in [0.3, 0.4) is 0 Å². The largest absolute Gasteiger partial charge is 0.388 e. The summed E-state index contributed by atoms with van der Waals surface area (Å²) in [6, 6.07) is 19.5. The van der Waals surface area contributed by atoms with Crippen LogP contribution in [-0.4, -0.2) is 32.0 Å². The third-order valence-corrected chi connectivity index (χ3v) is 6.06. The van der Waals surface area contributed by atoms with Crippen molar-refractivity contribution in [2.24, 2.45) is 5.92 Å². The quantitative estimate of drug-likeness (QED) is 0.811. The fraction of sp³-hybridized carbons (Fsp3) is 0.300. The van der Waals surface area contributed by atoms with Crippen LogP contribution in [0.2, 0.25) is 0 Å². The number of rotatable bonds is 5. The Labute approximate surface area is 158 Å². The zero-order valence-electron chi connectivity index (χ0n) is 14.0. The van der Waals surface area contributed by atoms with Gasteiger partial charge in [0.1, 0.15) is 4.32 Å². The van der Waals surface area contributed by atoms with Crippen molar-refractivity contribution in [2.75, 3.05) is 5.75 Å². The minimum Gasteiger partial charge on any atom is -0.388 e. The maximum absolute atomic E-state index is 13.0. The Morgan fingerprint density at radius 1 is 1.20 bits per heavy atom. The van der Waals surface area contributed by atoms with E-state index in [-0.39, 0.29) is 11.9 Å². The van der Waals surface area contributed by atoms with Gasteiger partial charge in [0.05, 0.1) is 18.1 Å². The molecule has 5 heteroatoms. The number of nitrogens with zero attached hydrogens (tertiary/aromatic N) is 1. The molecule has 1 fully saturated rings. The second-order valence-electron chi connectivity index (χ2n) is 6.27. The number of amides is 1. The van der Waals surface area contributed by atoms with E-state index >= 15 is 0 Å². The molecule has 1 amide bonds. The van der Waals surface area contributed by atoms with Gasteiger partial charge in [-0.3, -0.25) is 9.69 Å². The average Bonchev–Trinajstić information content (AvgIpc) is 3.01. The molecule has 25 heavy (non-hydrogen) atoms. The number of thiocarbonyl (C=S) groups is 1. The molecule has 3 nitrogen and oxygen atoms in total. The molecule has 0 radical (unpaired) electrons. The van der Waals surface area contributed by atoms with Gasteiger partial charge in [0.2, 0.25) is 5.91 Å². The number of aliphatic hydroxyl groups is 1. The van der Waals surface area contributed by atoms with Crippen LogP contribution in [0.5, 0.6) is 0 Å². The van der Waals surface area contributed by atoms with E-state index in [1.807, 2.05) is 48.5 Å². The van der Waals surface area contributed by atoms with Gasteiger partial charge >= 0.3 is 0 Å².